The number of carbonyl (C=O) groups is 2. The van der Waals surface area contributed by atoms with Gasteiger partial charge in [0.25, 0.3) is 0 Å². The standard InChI is InChI=1S/C19H26N4O3/c1-19(2,3)26-18(25)23-12-6-8-15(23)17(24)20-10-9-16-21-13-14-7-4-5-11-22(14)16/h4-5,7,11,13,15H,6,8-10,12H2,1-3H3,(H,20,24). The third kappa shape index (κ3) is 4.15. The molecule has 7 heteroatoms. The zero-order chi connectivity index (χ0) is 18.7. The van der Waals surface area contributed by atoms with Crippen LogP contribution < -0.4 is 5.32 Å². The number of pyridine rings is 1. The number of carbonyl (C=O) groups excluding carboxylic acids is 2. The van der Waals surface area contributed by atoms with Crippen LogP contribution in [0.15, 0.2) is 30.6 Å². The second kappa shape index (κ2) is 7.35. The van der Waals surface area contributed by atoms with Crippen LogP contribution in [-0.2, 0) is 16.0 Å². The number of nitrogens with zero attached hydrogens (tertiary/aromatic N) is 3. The minimum absolute atomic E-state index is 0.130. The zero-order valence-corrected chi connectivity index (χ0v) is 15.6. The Kier molecular flexibility index (Phi) is 5.15. The molecule has 0 aliphatic carbocycles. The average Bonchev–Trinajstić information content (AvgIpc) is 3.20. The van der Waals surface area contributed by atoms with Gasteiger partial charge in [-0.2, -0.15) is 0 Å². The summed E-state index contributed by atoms with van der Waals surface area (Å²) in [6, 6.07) is 5.45. The molecule has 7 nitrogen and oxygen atoms in total. The van der Waals surface area contributed by atoms with E-state index >= 15 is 0 Å². The predicted molar refractivity (Wildman–Crippen MR) is 97.9 cm³/mol. The molecular formula is C19H26N4O3. The average molecular weight is 358 g/mol. The number of amides is 2. The molecule has 0 radical (unpaired) electrons. The topological polar surface area (TPSA) is 75.9 Å². The maximum atomic E-state index is 12.5. The minimum atomic E-state index is -0.567. The van der Waals surface area contributed by atoms with Crippen molar-refractivity contribution in [3.8, 4) is 0 Å². The van der Waals surface area contributed by atoms with Gasteiger partial charge in [-0.05, 0) is 45.7 Å². The molecule has 1 unspecified atom stereocenters. The van der Waals surface area contributed by atoms with E-state index in [1.807, 2.05) is 55.8 Å². The van der Waals surface area contributed by atoms with Crippen LogP contribution in [0.4, 0.5) is 4.79 Å². The molecule has 1 atom stereocenters. The minimum Gasteiger partial charge on any atom is -0.444 e. The van der Waals surface area contributed by atoms with E-state index in [-0.39, 0.29) is 5.91 Å². The smallest absolute Gasteiger partial charge is 0.410 e. The Bertz CT molecular complexity index is 793. The molecule has 0 bridgehead atoms. The molecule has 0 aromatic carbocycles. The quantitative estimate of drug-likeness (QED) is 0.910. The Hall–Kier alpha value is -2.57. The van der Waals surface area contributed by atoms with E-state index in [1.165, 1.54) is 4.90 Å². The van der Waals surface area contributed by atoms with Gasteiger partial charge in [0, 0.05) is 25.7 Å². The van der Waals surface area contributed by atoms with E-state index in [1.54, 1.807) is 0 Å². The van der Waals surface area contributed by atoms with Gasteiger partial charge in [-0.25, -0.2) is 9.78 Å². The first kappa shape index (κ1) is 18.2. The second-order valence-electron chi connectivity index (χ2n) is 7.54. The Labute approximate surface area is 153 Å². The van der Waals surface area contributed by atoms with Crippen LogP contribution in [0.3, 0.4) is 0 Å². The molecule has 2 amide bonds. The van der Waals surface area contributed by atoms with Gasteiger partial charge < -0.3 is 14.5 Å². The van der Waals surface area contributed by atoms with Gasteiger partial charge in [-0.15, -0.1) is 0 Å². The molecule has 3 rings (SSSR count). The van der Waals surface area contributed by atoms with Crippen molar-refractivity contribution in [1.82, 2.24) is 19.6 Å². The fourth-order valence-corrected chi connectivity index (χ4v) is 3.18. The molecule has 1 N–H and O–H groups in total. The lowest BCUT2D eigenvalue weighted by Gasteiger charge is -2.28. The highest BCUT2D eigenvalue weighted by molar-refractivity contribution is 5.86. The van der Waals surface area contributed by atoms with Crippen molar-refractivity contribution in [1.29, 1.82) is 0 Å². The summed E-state index contributed by atoms with van der Waals surface area (Å²) in [5.41, 5.74) is 0.461. The highest BCUT2D eigenvalue weighted by Gasteiger charge is 2.36. The van der Waals surface area contributed by atoms with Crippen molar-refractivity contribution in [2.45, 2.75) is 51.7 Å². The molecule has 1 aliphatic heterocycles. The van der Waals surface area contributed by atoms with Gasteiger partial charge in [0.1, 0.15) is 17.5 Å². The first-order chi connectivity index (χ1) is 12.3. The maximum absolute atomic E-state index is 12.5. The van der Waals surface area contributed by atoms with Gasteiger partial charge >= 0.3 is 6.09 Å². The van der Waals surface area contributed by atoms with Gasteiger partial charge in [0.05, 0.1) is 11.7 Å². The van der Waals surface area contributed by atoms with Gasteiger partial charge in [0.2, 0.25) is 5.91 Å². The SMILES string of the molecule is CC(C)(C)OC(=O)N1CCCC1C(=O)NCCc1ncc2ccccn12. The molecular weight excluding hydrogens is 332 g/mol. The monoisotopic (exact) mass is 358 g/mol. The highest BCUT2D eigenvalue weighted by Crippen LogP contribution is 2.21. The number of imidazole rings is 1. The number of nitrogens with one attached hydrogen (secondary N) is 1. The molecule has 0 saturated carbocycles. The Morgan fingerprint density at radius 3 is 2.92 bits per heavy atom. The highest BCUT2D eigenvalue weighted by atomic mass is 16.6. The number of aromatic nitrogens is 2. The lowest BCUT2D eigenvalue weighted by molar-refractivity contribution is -0.125. The van der Waals surface area contributed by atoms with Crippen LogP contribution in [0.5, 0.6) is 0 Å². The lowest BCUT2D eigenvalue weighted by atomic mass is 10.2. The van der Waals surface area contributed by atoms with E-state index in [2.05, 4.69) is 10.3 Å². The summed E-state index contributed by atoms with van der Waals surface area (Å²) >= 11 is 0. The van der Waals surface area contributed by atoms with Gasteiger partial charge in [0.15, 0.2) is 0 Å². The largest absolute Gasteiger partial charge is 0.444 e. The summed E-state index contributed by atoms with van der Waals surface area (Å²) in [5.74, 6) is 0.769. The fourth-order valence-electron chi connectivity index (χ4n) is 3.18. The molecule has 26 heavy (non-hydrogen) atoms. The number of fused-ring (bicyclic) bond motifs is 1. The first-order valence-electron chi connectivity index (χ1n) is 9.03. The molecule has 2 aromatic heterocycles. The van der Waals surface area contributed by atoms with E-state index in [0.29, 0.717) is 25.9 Å². The molecule has 3 heterocycles. The van der Waals surface area contributed by atoms with Crippen LogP contribution in [0.25, 0.3) is 5.52 Å². The third-order valence-corrected chi connectivity index (χ3v) is 4.35. The Morgan fingerprint density at radius 2 is 2.15 bits per heavy atom. The normalized spacial score (nSPS) is 17.5. The number of rotatable bonds is 4. The van der Waals surface area contributed by atoms with E-state index in [4.69, 9.17) is 4.74 Å². The molecule has 140 valence electrons. The maximum Gasteiger partial charge on any atom is 0.410 e. The van der Waals surface area contributed by atoms with Gasteiger partial charge in [-0.1, -0.05) is 6.07 Å². The van der Waals surface area contributed by atoms with Gasteiger partial charge in [-0.3, -0.25) is 9.69 Å². The molecule has 1 fully saturated rings. The summed E-state index contributed by atoms with van der Waals surface area (Å²) in [5, 5.41) is 2.93. The van der Waals surface area contributed by atoms with Crippen LogP contribution in [-0.4, -0.2) is 51.0 Å². The third-order valence-electron chi connectivity index (χ3n) is 4.35. The summed E-state index contributed by atoms with van der Waals surface area (Å²) < 4.78 is 7.42. The van der Waals surface area contributed by atoms with Crippen LogP contribution in [0.1, 0.15) is 39.4 Å². The Morgan fingerprint density at radius 1 is 1.35 bits per heavy atom. The molecule has 2 aromatic rings. The predicted octanol–water partition coefficient (Wildman–Crippen LogP) is 2.39. The second-order valence-corrected chi connectivity index (χ2v) is 7.54. The van der Waals surface area contributed by atoms with Crippen molar-refractivity contribution in [3.63, 3.8) is 0 Å². The lowest BCUT2D eigenvalue weighted by Crippen LogP contribution is -2.47. The molecule has 1 saturated heterocycles. The van der Waals surface area contributed by atoms with Crippen LogP contribution in [0.2, 0.25) is 0 Å². The number of hydrogen-bond acceptors (Lipinski definition) is 4. The van der Waals surface area contributed by atoms with E-state index < -0.39 is 17.7 Å². The summed E-state index contributed by atoms with van der Waals surface area (Å²) in [4.78, 5) is 30.8. The van der Waals surface area contributed by atoms with Crippen LogP contribution in [0, 0.1) is 0 Å². The van der Waals surface area contributed by atoms with Crippen molar-refractivity contribution in [2.24, 2.45) is 0 Å². The summed E-state index contributed by atoms with van der Waals surface area (Å²) in [7, 11) is 0. The zero-order valence-electron chi connectivity index (χ0n) is 15.6. The molecule has 1 aliphatic rings. The summed E-state index contributed by atoms with van der Waals surface area (Å²) in [6.45, 7) is 6.50. The number of likely N-dealkylation sites (tertiary alicyclic amines) is 1. The number of ether oxygens (including phenoxy) is 1. The van der Waals surface area contributed by atoms with Crippen molar-refractivity contribution in [3.05, 3.63) is 36.4 Å². The van der Waals surface area contributed by atoms with E-state index in [9.17, 15) is 9.59 Å². The van der Waals surface area contributed by atoms with Crippen molar-refractivity contribution in [2.75, 3.05) is 13.1 Å². The fraction of sp³-hybridized carbons (Fsp3) is 0.526. The first-order valence-corrected chi connectivity index (χ1v) is 9.03. The Balaban J connectivity index is 1.55. The van der Waals surface area contributed by atoms with Crippen molar-refractivity contribution < 1.29 is 14.3 Å². The number of hydrogen-bond donors (Lipinski definition) is 1. The molecule has 0 spiro atoms. The summed E-state index contributed by atoms with van der Waals surface area (Å²) in [6.07, 6.45) is 5.45. The van der Waals surface area contributed by atoms with Crippen molar-refractivity contribution >= 4 is 17.5 Å². The van der Waals surface area contributed by atoms with Crippen LogP contribution >= 0.6 is 0 Å². The van der Waals surface area contributed by atoms with E-state index in [0.717, 1.165) is 17.8 Å².